The highest BCUT2D eigenvalue weighted by Gasteiger charge is 2.17. The first-order valence-corrected chi connectivity index (χ1v) is 11.3. The van der Waals surface area contributed by atoms with Crippen molar-refractivity contribution in [3.8, 4) is 5.82 Å². The summed E-state index contributed by atoms with van der Waals surface area (Å²) in [6.45, 7) is 0. The molecule has 3 aromatic carbocycles. The van der Waals surface area contributed by atoms with Gasteiger partial charge in [0.2, 0.25) is 0 Å². The Morgan fingerprint density at radius 1 is 0.750 bits per heavy atom. The molecule has 0 saturated heterocycles. The molecular formula is C23H18N6O2S. The van der Waals surface area contributed by atoms with Gasteiger partial charge in [0.1, 0.15) is 0 Å². The summed E-state index contributed by atoms with van der Waals surface area (Å²) >= 11 is 0. The molecule has 2 aromatic heterocycles. The van der Waals surface area contributed by atoms with Crippen LogP contribution in [0.2, 0.25) is 0 Å². The molecule has 5 aromatic rings. The minimum Gasteiger partial charge on any atom is -0.339 e. The summed E-state index contributed by atoms with van der Waals surface area (Å²) in [5.74, 6) is 1.17. The summed E-state index contributed by atoms with van der Waals surface area (Å²) in [6, 6.07) is 24.9. The molecule has 0 amide bonds. The zero-order chi connectivity index (χ0) is 22.0. The van der Waals surface area contributed by atoms with Crippen LogP contribution in [-0.2, 0) is 10.0 Å². The second-order valence-corrected chi connectivity index (χ2v) is 8.66. The third-order valence-corrected chi connectivity index (χ3v) is 6.28. The fourth-order valence-corrected chi connectivity index (χ4v) is 4.62. The van der Waals surface area contributed by atoms with E-state index >= 15 is 0 Å². The lowest BCUT2D eigenvalue weighted by molar-refractivity contribution is 0.602. The SMILES string of the molecule is O=S(=O)(Nc1ccc(Nc2ccc(-n3cccn3)nn2)cc1)c1cccc2ccccc12. The lowest BCUT2D eigenvalue weighted by Gasteiger charge is -2.11. The molecule has 0 radical (unpaired) electrons. The number of sulfonamides is 1. The van der Waals surface area contributed by atoms with Crippen LogP contribution in [0.5, 0.6) is 0 Å². The van der Waals surface area contributed by atoms with E-state index in [9.17, 15) is 8.42 Å². The molecule has 0 atom stereocenters. The number of nitrogens with one attached hydrogen (secondary N) is 2. The third kappa shape index (κ3) is 4.01. The molecule has 5 rings (SSSR count). The highest BCUT2D eigenvalue weighted by atomic mass is 32.2. The molecule has 0 aliphatic rings. The van der Waals surface area contributed by atoms with Crippen LogP contribution in [0.3, 0.4) is 0 Å². The first-order chi connectivity index (χ1) is 15.6. The van der Waals surface area contributed by atoms with E-state index < -0.39 is 10.0 Å². The van der Waals surface area contributed by atoms with Crippen LogP contribution >= 0.6 is 0 Å². The summed E-state index contributed by atoms with van der Waals surface area (Å²) in [5, 5.41) is 17.1. The van der Waals surface area contributed by atoms with Gasteiger partial charge in [-0.25, -0.2) is 13.1 Å². The van der Waals surface area contributed by atoms with Crippen LogP contribution in [0.15, 0.2) is 102 Å². The lowest BCUT2D eigenvalue weighted by Crippen LogP contribution is -2.13. The Morgan fingerprint density at radius 3 is 2.28 bits per heavy atom. The molecule has 0 aliphatic heterocycles. The number of fused-ring (bicyclic) bond motifs is 1. The standard InChI is InChI=1S/C23H18N6O2S/c30-32(31,21-8-3-6-17-5-1-2-7-20(17)21)28-19-11-9-18(10-12-19)25-22-13-14-23(27-26-22)29-16-4-15-24-29/h1-16,28H,(H,25,26). The highest BCUT2D eigenvalue weighted by Crippen LogP contribution is 2.25. The largest absolute Gasteiger partial charge is 0.339 e. The van der Waals surface area contributed by atoms with E-state index in [1.165, 1.54) is 0 Å². The van der Waals surface area contributed by atoms with Crippen LogP contribution < -0.4 is 10.0 Å². The molecule has 0 fully saturated rings. The number of hydrogen-bond acceptors (Lipinski definition) is 6. The second-order valence-electron chi connectivity index (χ2n) is 7.01. The normalized spacial score (nSPS) is 11.4. The number of benzene rings is 3. The average molecular weight is 443 g/mol. The van der Waals surface area contributed by atoms with Gasteiger partial charge in [-0.05, 0) is 53.9 Å². The maximum Gasteiger partial charge on any atom is 0.262 e. The van der Waals surface area contributed by atoms with Crippen molar-refractivity contribution < 1.29 is 8.42 Å². The smallest absolute Gasteiger partial charge is 0.262 e. The zero-order valence-electron chi connectivity index (χ0n) is 16.8. The molecule has 0 unspecified atom stereocenters. The monoisotopic (exact) mass is 442 g/mol. The van der Waals surface area contributed by atoms with Gasteiger partial charge in [0, 0.05) is 29.2 Å². The molecule has 0 saturated carbocycles. The Kier molecular flexibility index (Phi) is 5.00. The summed E-state index contributed by atoms with van der Waals surface area (Å²) in [5.41, 5.74) is 1.21. The molecular weight excluding hydrogens is 424 g/mol. The molecule has 32 heavy (non-hydrogen) atoms. The molecule has 2 N–H and O–H groups in total. The summed E-state index contributed by atoms with van der Waals surface area (Å²) in [4.78, 5) is 0.241. The first kappa shape index (κ1) is 19.7. The first-order valence-electron chi connectivity index (χ1n) is 9.80. The Bertz CT molecular complexity index is 1460. The fourth-order valence-electron chi connectivity index (χ4n) is 3.33. The quantitative estimate of drug-likeness (QED) is 0.405. The van der Waals surface area contributed by atoms with E-state index in [0.29, 0.717) is 22.7 Å². The van der Waals surface area contributed by atoms with Crippen molar-refractivity contribution >= 4 is 38.0 Å². The van der Waals surface area contributed by atoms with Crippen molar-refractivity contribution in [2.75, 3.05) is 10.0 Å². The maximum absolute atomic E-state index is 13.0. The van der Waals surface area contributed by atoms with Crippen LogP contribution in [-0.4, -0.2) is 28.4 Å². The summed E-state index contributed by atoms with van der Waals surface area (Å²) in [6.07, 6.45) is 3.46. The third-order valence-electron chi connectivity index (χ3n) is 4.84. The molecule has 2 heterocycles. The predicted molar refractivity (Wildman–Crippen MR) is 124 cm³/mol. The van der Waals surface area contributed by atoms with E-state index in [2.05, 4.69) is 25.3 Å². The fraction of sp³-hybridized carbons (Fsp3) is 0. The average Bonchev–Trinajstić information content (AvgIpc) is 3.35. The van der Waals surface area contributed by atoms with Gasteiger partial charge < -0.3 is 5.32 Å². The molecule has 0 aliphatic carbocycles. The van der Waals surface area contributed by atoms with Crippen molar-refractivity contribution in [1.82, 2.24) is 20.0 Å². The van der Waals surface area contributed by atoms with Gasteiger partial charge in [-0.3, -0.25) is 4.72 Å². The van der Waals surface area contributed by atoms with Crippen molar-refractivity contribution in [1.29, 1.82) is 0 Å². The summed E-state index contributed by atoms with van der Waals surface area (Å²) in [7, 11) is -3.74. The summed E-state index contributed by atoms with van der Waals surface area (Å²) < 4.78 is 30.2. The van der Waals surface area contributed by atoms with Crippen molar-refractivity contribution in [2.45, 2.75) is 4.90 Å². The van der Waals surface area contributed by atoms with Gasteiger partial charge in [0.05, 0.1) is 4.90 Å². The number of nitrogens with zero attached hydrogens (tertiary/aromatic N) is 4. The molecule has 0 bridgehead atoms. The van der Waals surface area contributed by atoms with E-state index in [-0.39, 0.29) is 4.90 Å². The van der Waals surface area contributed by atoms with Gasteiger partial charge >= 0.3 is 0 Å². The van der Waals surface area contributed by atoms with E-state index in [1.54, 1.807) is 71.7 Å². The Morgan fingerprint density at radius 2 is 1.53 bits per heavy atom. The van der Waals surface area contributed by atoms with E-state index in [0.717, 1.165) is 11.1 Å². The highest BCUT2D eigenvalue weighted by molar-refractivity contribution is 7.93. The van der Waals surface area contributed by atoms with Crippen molar-refractivity contribution in [3.63, 3.8) is 0 Å². The second kappa shape index (κ2) is 8.12. The molecule has 8 nitrogen and oxygen atoms in total. The maximum atomic E-state index is 13.0. The van der Waals surface area contributed by atoms with Crippen LogP contribution in [0.4, 0.5) is 17.2 Å². The van der Waals surface area contributed by atoms with Crippen molar-refractivity contribution in [2.24, 2.45) is 0 Å². The zero-order valence-corrected chi connectivity index (χ0v) is 17.6. The van der Waals surface area contributed by atoms with Crippen molar-refractivity contribution in [3.05, 3.63) is 97.3 Å². The number of rotatable bonds is 6. The van der Waals surface area contributed by atoms with Gasteiger partial charge in [-0.2, -0.15) is 5.10 Å². The van der Waals surface area contributed by atoms with Gasteiger partial charge in [-0.1, -0.05) is 36.4 Å². The molecule has 158 valence electrons. The van der Waals surface area contributed by atoms with Gasteiger partial charge in [0.25, 0.3) is 10.0 Å². The number of aromatic nitrogens is 4. The van der Waals surface area contributed by atoms with Gasteiger partial charge in [-0.15, -0.1) is 10.2 Å². The Hall–Kier alpha value is -4.24. The minimum absolute atomic E-state index is 0.241. The molecule has 9 heteroatoms. The van der Waals surface area contributed by atoms with Crippen LogP contribution in [0, 0.1) is 0 Å². The number of anilines is 3. The van der Waals surface area contributed by atoms with Crippen LogP contribution in [0.25, 0.3) is 16.6 Å². The van der Waals surface area contributed by atoms with E-state index in [1.807, 2.05) is 30.3 Å². The van der Waals surface area contributed by atoms with Crippen LogP contribution in [0.1, 0.15) is 0 Å². The van der Waals surface area contributed by atoms with Gasteiger partial charge in [0.15, 0.2) is 11.6 Å². The minimum atomic E-state index is -3.74. The van der Waals surface area contributed by atoms with E-state index in [4.69, 9.17) is 0 Å². The molecule has 0 spiro atoms. The lowest BCUT2D eigenvalue weighted by atomic mass is 10.1. The topological polar surface area (TPSA) is 102 Å². The Labute approximate surface area is 184 Å². The Balaban J connectivity index is 1.31. The number of hydrogen-bond donors (Lipinski definition) is 2. The predicted octanol–water partition coefficient (Wildman–Crippen LogP) is 4.36.